The van der Waals surface area contributed by atoms with Crippen LogP contribution in [0.4, 0.5) is 4.79 Å². The Balaban J connectivity index is 2.37. The van der Waals surface area contributed by atoms with E-state index >= 15 is 0 Å². The first kappa shape index (κ1) is 5.37. The van der Waals surface area contributed by atoms with Gasteiger partial charge < -0.3 is 10.8 Å². The number of amides is 2. The van der Waals surface area contributed by atoms with Crippen LogP contribution < -0.4 is 5.73 Å². The SMILES string of the molecule is NC(=O)N1CCC1O. The van der Waals surface area contributed by atoms with Gasteiger partial charge in [0.15, 0.2) is 0 Å². The van der Waals surface area contributed by atoms with Gasteiger partial charge in [-0.3, -0.25) is 4.90 Å². The van der Waals surface area contributed by atoms with Crippen molar-refractivity contribution in [3.8, 4) is 0 Å². The van der Waals surface area contributed by atoms with Gasteiger partial charge in [0.1, 0.15) is 6.23 Å². The molecule has 0 radical (unpaired) electrons. The lowest BCUT2D eigenvalue weighted by atomic mass is 10.2. The van der Waals surface area contributed by atoms with Crippen molar-refractivity contribution in [1.82, 2.24) is 4.90 Å². The van der Waals surface area contributed by atoms with Gasteiger partial charge in [0.2, 0.25) is 0 Å². The Kier molecular flexibility index (Phi) is 1.09. The summed E-state index contributed by atoms with van der Waals surface area (Å²) in [6.07, 6.45) is 0.0376. The Morgan fingerprint density at radius 3 is 2.50 bits per heavy atom. The van der Waals surface area contributed by atoms with Gasteiger partial charge in [0, 0.05) is 13.0 Å². The number of aliphatic hydroxyl groups is 1. The topological polar surface area (TPSA) is 66.6 Å². The van der Waals surface area contributed by atoms with E-state index < -0.39 is 12.3 Å². The van der Waals surface area contributed by atoms with Gasteiger partial charge in [-0.15, -0.1) is 0 Å². The van der Waals surface area contributed by atoms with E-state index in [-0.39, 0.29) is 0 Å². The molecule has 1 aliphatic heterocycles. The van der Waals surface area contributed by atoms with Crippen LogP contribution in [0.5, 0.6) is 0 Å². The molecule has 1 saturated heterocycles. The van der Waals surface area contributed by atoms with E-state index in [4.69, 9.17) is 10.8 Å². The summed E-state index contributed by atoms with van der Waals surface area (Å²) in [5.41, 5.74) is 4.82. The number of hydrogen-bond acceptors (Lipinski definition) is 2. The van der Waals surface area contributed by atoms with Gasteiger partial charge >= 0.3 is 6.03 Å². The molecule has 0 aromatic carbocycles. The summed E-state index contributed by atoms with van der Waals surface area (Å²) in [5.74, 6) is 0. The molecule has 0 saturated carbocycles. The zero-order valence-electron chi connectivity index (χ0n) is 4.37. The molecule has 0 aromatic heterocycles. The minimum Gasteiger partial charge on any atom is -0.373 e. The summed E-state index contributed by atoms with van der Waals surface area (Å²) in [7, 11) is 0. The number of urea groups is 1. The van der Waals surface area contributed by atoms with Crippen molar-refractivity contribution in [2.45, 2.75) is 12.6 Å². The van der Waals surface area contributed by atoms with E-state index in [1.54, 1.807) is 0 Å². The van der Waals surface area contributed by atoms with Crippen LogP contribution in [0, 0.1) is 0 Å². The molecule has 4 nitrogen and oxygen atoms in total. The third kappa shape index (κ3) is 0.626. The third-order valence-corrected chi connectivity index (χ3v) is 1.27. The standard InChI is InChI=1S/C4H8N2O2/c5-4(8)6-2-1-3(6)7/h3,7H,1-2H2,(H2,5,8). The summed E-state index contributed by atoms with van der Waals surface area (Å²) >= 11 is 0. The number of hydrogen-bond donors (Lipinski definition) is 2. The van der Waals surface area contributed by atoms with Crippen LogP contribution in [-0.2, 0) is 0 Å². The molecule has 0 spiro atoms. The number of carbonyl (C=O) groups is 1. The quantitative estimate of drug-likeness (QED) is 0.430. The first-order valence-electron chi connectivity index (χ1n) is 2.46. The third-order valence-electron chi connectivity index (χ3n) is 1.27. The molecule has 3 N–H and O–H groups in total. The summed E-state index contributed by atoms with van der Waals surface area (Å²) in [4.78, 5) is 11.4. The Hall–Kier alpha value is -0.770. The summed E-state index contributed by atoms with van der Waals surface area (Å²) in [6, 6.07) is -0.538. The molecule has 1 unspecified atom stereocenters. The Morgan fingerprint density at radius 1 is 1.88 bits per heavy atom. The first-order valence-corrected chi connectivity index (χ1v) is 2.46. The molecule has 1 fully saturated rings. The highest BCUT2D eigenvalue weighted by Crippen LogP contribution is 2.12. The maximum Gasteiger partial charge on any atom is 0.316 e. The number of nitrogens with two attached hydrogens (primary N) is 1. The maximum atomic E-state index is 10.2. The molecule has 8 heavy (non-hydrogen) atoms. The van der Waals surface area contributed by atoms with Crippen molar-refractivity contribution < 1.29 is 9.90 Å². The number of nitrogens with zero attached hydrogens (tertiary/aromatic N) is 1. The zero-order chi connectivity index (χ0) is 6.15. The van der Waals surface area contributed by atoms with Gasteiger partial charge in [-0.2, -0.15) is 0 Å². The Morgan fingerprint density at radius 2 is 2.50 bits per heavy atom. The highest BCUT2D eigenvalue weighted by molar-refractivity contribution is 5.72. The summed E-state index contributed by atoms with van der Waals surface area (Å²) < 4.78 is 0. The molecule has 1 heterocycles. The fourth-order valence-electron chi connectivity index (χ4n) is 0.631. The molecular weight excluding hydrogens is 108 g/mol. The molecule has 0 aliphatic carbocycles. The predicted octanol–water partition coefficient (Wildman–Crippen LogP) is -0.911. The van der Waals surface area contributed by atoms with Gasteiger partial charge in [-0.05, 0) is 0 Å². The second-order valence-corrected chi connectivity index (χ2v) is 1.80. The van der Waals surface area contributed by atoms with Gasteiger partial charge in [0.25, 0.3) is 0 Å². The van der Waals surface area contributed by atoms with Crippen molar-refractivity contribution >= 4 is 6.03 Å². The number of aliphatic hydroxyl groups excluding tert-OH is 1. The molecule has 0 aromatic rings. The minimum absolute atomic E-state index is 0.538. The summed E-state index contributed by atoms with van der Waals surface area (Å²) in [5, 5.41) is 8.70. The Labute approximate surface area is 46.9 Å². The van der Waals surface area contributed by atoms with E-state index in [0.29, 0.717) is 13.0 Å². The van der Waals surface area contributed by atoms with Gasteiger partial charge in [0.05, 0.1) is 0 Å². The zero-order valence-corrected chi connectivity index (χ0v) is 4.37. The molecule has 4 heteroatoms. The van der Waals surface area contributed by atoms with Crippen LogP contribution in [0.25, 0.3) is 0 Å². The molecule has 46 valence electrons. The van der Waals surface area contributed by atoms with E-state index in [2.05, 4.69) is 0 Å². The second kappa shape index (κ2) is 1.63. The van der Waals surface area contributed by atoms with Crippen molar-refractivity contribution in [2.24, 2.45) is 5.73 Å². The number of likely N-dealkylation sites (tertiary alicyclic amines) is 1. The minimum atomic E-state index is -0.618. The van der Waals surface area contributed by atoms with Crippen LogP contribution in [0.15, 0.2) is 0 Å². The van der Waals surface area contributed by atoms with Crippen molar-refractivity contribution in [2.75, 3.05) is 6.54 Å². The monoisotopic (exact) mass is 116 g/mol. The molecule has 1 rings (SSSR count). The molecular formula is C4H8N2O2. The maximum absolute atomic E-state index is 10.2. The van der Waals surface area contributed by atoms with E-state index in [1.165, 1.54) is 4.90 Å². The lowest BCUT2D eigenvalue weighted by Gasteiger charge is -2.35. The molecule has 1 aliphatic rings. The largest absolute Gasteiger partial charge is 0.373 e. The molecule has 2 amide bonds. The van der Waals surface area contributed by atoms with Crippen LogP contribution in [0.1, 0.15) is 6.42 Å². The number of carbonyl (C=O) groups excluding carboxylic acids is 1. The number of primary amides is 1. The average Bonchev–Trinajstić information content (AvgIpc) is 1.61. The molecule has 0 bridgehead atoms. The fourth-order valence-corrected chi connectivity index (χ4v) is 0.631. The van der Waals surface area contributed by atoms with Crippen LogP contribution >= 0.6 is 0 Å². The van der Waals surface area contributed by atoms with E-state index in [0.717, 1.165) is 0 Å². The second-order valence-electron chi connectivity index (χ2n) is 1.80. The van der Waals surface area contributed by atoms with Crippen molar-refractivity contribution in [3.63, 3.8) is 0 Å². The summed E-state index contributed by atoms with van der Waals surface area (Å²) in [6.45, 7) is 0.594. The van der Waals surface area contributed by atoms with E-state index in [1.807, 2.05) is 0 Å². The smallest absolute Gasteiger partial charge is 0.316 e. The van der Waals surface area contributed by atoms with Crippen molar-refractivity contribution in [1.29, 1.82) is 0 Å². The first-order chi connectivity index (χ1) is 3.72. The lowest BCUT2D eigenvalue weighted by Crippen LogP contribution is -2.53. The van der Waals surface area contributed by atoms with Gasteiger partial charge in [-0.1, -0.05) is 0 Å². The van der Waals surface area contributed by atoms with E-state index in [9.17, 15) is 4.79 Å². The fraction of sp³-hybridized carbons (Fsp3) is 0.750. The van der Waals surface area contributed by atoms with Crippen LogP contribution in [0.2, 0.25) is 0 Å². The van der Waals surface area contributed by atoms with Gasteiger partial charge in [-0.25, -0.2) is 4.79 Å². The lowest BCUT2D eigenvalue weighted by molar-refractivity contribution is -0.0386. The normalized spacial score (nSPS) is 27.1. The number of rotatable bonds is 0. The average molecular weight is 116 g/mol. The molecule has 1 atom stereocenters. The highest BCUT2D eigenvalue weighted by Gasteiger charge is 2.27. The van der Waals surface area contributed by atoms with Crippen molar-refractivity contribution in [3.05, 3.63) is 0 Å². The highest BCUT2D eigenvalue weighted by atomic mass is 16.3. The predicted molar refractivity (Wildman–Crippen MR) is 26.9 cm³/mol. The Bertz CT molecular complexity index is 115. The van der Waals surface area contributed by atoms with Crippen LogP contribution in [0.3, 0.4) is 0 Å². The van der Waals surface area contributed by atoms with Crippen LogP contribution in [-0.4, -0.2) is 28.8 Å².